The number of carbonyl (C=O) groups excluding carboxylic acids is 2. The van der Waals surface area contributed by atoms with E-state index in [-0.39, 0.29) is 12.4 Å². The number of hydrogen-bond donors (Lipinski definition) is 2. The number of phenols is 1. The van der Waals surface area contributed by atoms with Gasteiger partial charge in [0.1, 0.15) is 23.0 Å². The van der Waals surface area contributed by atoms with Crippen molar-refractivity contribution in [3.63, 3.8) is 0 Å². The number of rotatable bonds is 10. The first-order chi connectivity index (χ1) is 18.8. The molecule has 4 rings (SSSR count). The number of ether oxygens (including phenoxy) is 2. The van der Waals surface area contributed by atoms with Crippen molar-refractivity contribution in [2.24, 2.45) is 0 Å². The number of nitrogens with one attached hydrogen (secondary N) is 1. The normalized spacial score (nSPS) is 10.9. The Labute approximate surface area is 227 Å². The van der Waals surface area contributed by atoms with Crippen LogP contribution in [0.5, 0.6) is 17.2 Å². The van der Waals surface area contributed by atoms with E-state index in [0.29, 0.717) is 42.4 Å². The van der Waals surface area contributed by atoms with Gasteiger partial charge in [-0.2, -0.15) is 0 Å². The van der Waals surface area contributed by atoms with E-state index in [1.165, 1.54) is 0 Å². The molecule has 8 nitrogen and oxygen atoms in total. The zero-order valence-corrected chi connectivity index (χ0v) is 22.3. The van der Waals surface area contributed by atoms with Gasteiger partial charge in [0.2, 0.25) is 0 Å². The first kappa shape index (κ1) is 27.5. The number of nitrogens with zero attached hydrogens (tertiary/aromatic N) is 1. The highest BCUT2D eigenvalue weighted by Crippen LogP contribution is 2.34. The number of furan rings is 1. The molecule has 0 radical (unpaired) electrons. The van der Waals surface area contributed by atoms with Gasteiger partial charge in [0.05, 0.1) is 19.4 Å². The zero-order valence-electron chi connectivity index (χ0n) is 22.3. The average Bonchev–Trinajstić information content (AvgIpc) is 3.42. The molecule has 0 saturated heterocycles. The Kier molecular flexibility index (Phi) is 9.01. The molecule has 39 heavy (non-hydrogen) atoms. The van der Waals surface area contributed by atoms with E-state index in [9.17, 15) is 14.7 Å². The first-order valence-electron chi connectivity index (χ1n) is 12.7. The van der Waals surface area contributed by atoms with E-state index < -0.39 is 11.9 Å². The van der Waals surface area contributed by atoms with Crippen molar-refractivity contribution in [3.05, 3.63) is 107 Å². The molecule has 0 aliphatic carbocycles. The quantitative estimate of drug-likeness (QED) is 0.189. The number of hydrogen-bond acceptors (Lipinski definition) is 7. The molecule has 0 saturated carbocycles. The number of amides is 1. The lowest BCUT2D eigenvalue weighted by Crippen LogP contribution is -2.25. The van der Waals surface area contributed by atoms with E-state index in [1.807, 2.05) is 50.2 Å². The number of benzene rings is 3. The smallest absolute Gasteiger partial charge is 0.397 e. The Bertz CT molecular complexity index is 1390. The average molecular weight is 529 g/mol. The summed E-state index contributed by atoms with van der Waals surface area (Å²) in [5.74, 6) is 0.428. The van der Waals surface area contributed by atoms with Crippen LogP contribution in [-0.4, -0.2) is 28.5 Å². The lowest BCUT2D eigenvalue weighted by molar-refractivity contribution is -0.152. The summed E-state index contributed by atoms with van der Waals surface area (Å²) >= 11 is 0. The van der Waals surface area contributed by atoms with Crippen LogP contribution in [0.2, 0.25) is 0 Å². The summed E-state index contributed by atoms with van der Waals surface area (Å²) in [5.41, 5.74) is 3.87. The minimum Gasteiger partial charge on any atom is -0.508 e. The third kappa shape index (κ3) is 7.49. The topological polar surface area (TPSA) is 101 Å². The molecule has 3 aromatic carbocycles. The number of aryl methyl sites for hydroxylation is 2. The minimum absolute atomic E-state index is 0.124. The summed E-state index contributed by atoms with van der Waals surface area (Å²) in [7, 11) is 0. The maximum atomic E-state index is 12.0. The molecular weight excluding hydrogens is 496 g/mol. The fourth-order valence-electron chi connectivity index (χ4n) is 4.31. The highest BCUT2D eigenvalue weighted by atomic mass is 16.5. The summed E-state index contributed by atoms with van der Waals surface area (Å²) in [4.78, 5) is 25.9. The number of phenolic OH excluding ortho intramolecular Hbond substituents is 1. The maximum absolute atomic E-state index is 12.0. The molecule has 1 amide bonds. The van der Waals surface area contributed by atoms with Gasteiger partial charge in [-0.15, -0.1) is 0 Å². The molecule has 202 valence electrons. The van der Waals surface area contributed by atoms with Crippen molar-refractivity contribution in [3.8, 4) is 17.2 Å². The third-order valence-electron chi connectivity index (χ3n) is 6.05. The van der Waals surface area contributed by atoms with Crippen LogP contribution >= 0.6 is 0 Å². The largest absolute Gasteiger partial charge is 0.508 e. The molecule has 0 fully saturated rings. The van der Waals surface area contributed by atoms with Crippen LogP contribution in [0.25, 0.3) is 0 Å². The van der Waals surface area contributed by atoms with Crippen molar-refractivity contribution < 1.29 is 28.6 Å². The minimum atomic E-state index is -0.932. The van der Waals surface area contributed by atoms with E-state index >= 15 is 0 Å². The van der Waals surface area contributed by atoms with Crippen LogP contribution in [0.4, 0.5) is 5.69 Å². The van der Waals surface area contributed by atoms with Gasteiger partial charge in [-0.25, -0.2) is 4.79 Å². The van der Waals surface area contributed by atoms with Crippen molar-refractivity contribution in [2.75, 3.05) is 11.9 Å². The molecule has 0 aliphatic rings. The second kappa shape index (κ2) is 12.8. The standard InChI is InChI=1S/C31H32N2O6/c1-4-37-31(36)30(35)32-25-15-21(2)29(22(3)16-25)39-26-12-13-28(34)24(17-26)19-33(20-27-11-8-14-38-27)18-23-9-6-5-7-10-23/h5-17,34H,4,18-20H2,1-3H3,(H,32,35). The predicted octanol–water partition coefficient (Wildman–Crippen LogP) is 6.10. The zero-order chi connectivity index (χ0) is 27.8. The number of esters is 1. The molecule has 0 spiro atoms. The van der Waals surface area contributed by atoms with Gasteiger partial charge in [0.25, 0.3) is 0 Å². The summed E-state index contributed by atoms with van der Waals surface area (Å²) in [6, 6.07) is 22.5. The Hall–Kier alpha value is -4.56. The molecule has 0 bridgehead atoms. The van der Waals surface area contributed by atoms with E-state index in [0.717, 1.165) is 22.5 Å². The Morgan fingerprint density at radius 1 is 0.923 bits per heavy atom. The Morgan fingerprint density at radius 2 is 1.67 bits per heavy atom. The first-order valence-corrected chi connectivity index (χ1v) is 12.7. The second-order valence-electron chi connectivity index (χ2n) is 9.22. The molecule has 4 aromatic rings. The number of carbonyl (C=O) groups is 2. The highest BCUT2D eigenvalue weighted by molar-refractivity contribution is 6.37. The van der Waals surface area contributed by atoms with Crippen molar-refractivity contribution >= 4 is 17.6 Å². The van der Waals surface area contributed by atoms with Crippen molar-refractivity contribution in [1.29, 1.82) is 0 Å². The molecule has 1 heterocycles. The van der Waals surface area contributed by atoms with Gasteiger partial charge in [-0.05, 0) is 79.9 Å². The number of aromatic hydroxyl groups is 1. The van der Waals surface area contributed by atoms with Gasteiger partial charge in [0.15, 0.2) is 0 Å². The van der Waals surface area contributed by atoms with Gasteiger partial charge in [-0.1, -0.05) is 30.3 Å². The predicted molar refractivity (Wildman–Crippen MR) is 147 cm³/mol. The lowest BCUT2D eigenvalue weighted by atomic mass is 10.1. The Balaban J connectivity index is 1.52. The van der Waals surface area contributed by atoms with Gasteiger partial charge in [-0.3, -0.25) is 9.69 Å². The summed E-state index contributed by atoms with van der Waals surface area (Å²) < 4.78 is 16.6. The highest BCUT2D eigenvalue weighted by Gasteiger charge is 2.17. The summed E-state index contributed by atoms with van der Waals surface area (Å²) in [6.07, 6.45) is 1.65. The van der Waals surface area contributed by atoms with Gasteiger partial charge < -0.3 is 24.3 Å². The van der Waals surface area contributed by atoms with Crippen LogP contribution in [0.3, 0.4) is 0 Å². The fraction of sp³-hybridized carbons (Fsp3) is 0.226. The monoisotopic (exact) mass is 528 g/mol. The maximum Gasteiger partial charge on any atom is 0.397 e. The van der Waals surface area contributed by atoms with Crippen LogP contribution in [0.15, 0.2) is 83.5 Å². The third-order valence-corrected chi connectivity index (χ3v) is 6.05. The van der Waals surface area contributed by atoms with Crippen LogP contribution in [0, 0.1) is 13.8 Å². The molecule has 8 heteroatoms. The van der Waals surface area contributed by atoms with E-state index in [1.54, 1.807) is 37.5 Å². The molecule has 1 aromatic heterocycles. The van der Waals surface area contributed by atoms with Crippen LogP contribution < -0.4 is 10.1 Å². The Morgan fingerprint density at radius 3 is 2.33 bits per heavy atom. The van der Waals surface area contributed by atoms with Crippen LogP contribution in [-0.2, 0) is 34.0 Å². The summed E-state index contributed by atoms with van der Waals surface area (Å²) in [5, 5.41) is 13.2. The second-order valence-corrected chi connectivity index (χ2v) is 9.22. The molecule has 0 unspecified atom stereocenters. The van der Waals surface area contributed by atoms with Crippen molar-refractivity contribution in [2.45, 2.75) is 40.4 Å². The van der Waals surface area contributed by atoms with Gasteiger partial charge in [0, 0.05) is 24.3 Å². The van der Waals surface area contributed by atoms with Crippen LogP contribution in [0.1, 0.15) is 34.9 Å². The van der Waals surface area contributed by atoms with E-state index in [4.69, 9.17) is 13.9 Å². The lowest BCUT2D eigenvalue weighted by Gasteiger charge is -2.22. The fourth-order valence-corrected chi connectivity index (χ4v) is 4.31. The molecule has 0 atom stereocenters. The van der Waals surface area contributed by atoms with Crippen molar-refractivity contribution in [1.82, 2.24) is 4.90 Å². The SMILES string of the molecule is CCOC(=O)C(=O)Nc1cc(C)c(Oc2ccc(O)c(CN(Cc3ccccc3)Cc3ccco3)c2)c(C)c1. The van der Waals surface area contributed by atoms with E-state index in [2.05, 4.69) is 22.3 Å². The molecule has 2 N–H and O–H groups in total. The molecule has 0 aliphatic heterocycles. The molecular formula is C31H32N2O6. The summed E-state index contributed by atoms with van der Waals surface area (Å²) in [6.45, 7) is 7.18. The number of anilines is 1. The van der Waals surface area contributed by atoms with Gasteiger partial charge >= 0.3 is 11.9 Å².